The van der Waals surface area contributed by atoms with Crippen LogP contribution in [0.15, 0.2) is 76.3 Å². The topological polar surface area (TPSA) is 77.0 Å². The highest BCUT2D eigenvalue weighted by Gasteiger charge is 2.19. The van der Waals surface area contributed by atoms with Gasteiger partial charge in [0.05, 0.1) is 16.8 Å². The van der Waals surface area contributed by atoms with E-state index in [1.54, 1.807) is 66.7 Å². The van der Waals surface area contributed by atoms with Crippen molar-refractivity contribution in [2.24, 2.45) is 5.10 Å². The first-order valence-corrected chi connectivity index (χ1v) is 11.4. The van der Waals surface area contributed by atoms with E-state index in [1.165, 1.54) is 6.21 Å². The number of esters is 1. The van der Waals surface area contributed by atoms with Gasteiger partial charge in [0.15, 0.2) is 6.10 Å². The van der Waals surface area contributed by atoms with Crippen molar-refractivity contribution >= 4 is 57.2 Å². The van der Waals surface area contributed by atoms with Crippen LogP contribution < -0.4 is 14.9 Å². The van der Waals surface area contributed by atoms with Crippen molar-refractivity contribution < 1.29 is 19.1 Å². The number of benzene rings is 3. The van der Waals surface area contributed by atoms with E-state index in [2.05, 4.69) is 26.5 Å². The molecule has 3 aromatic rings. The lowest BCUT2D eigenvalue weighted by Crippen LogP contribution is -2.35. The summed E-state index contributed by atoms with van der Waals surface area (Å²) in [6, 6.07) is 18.4. The standard InChI is InChI=1S/C24H19BrCl2N2O4/c1-2-21(33-22-12-9-18(26)13-20(22)27)23(30)29-28-14-15-3-10-19(11-4-15)32-24(31)16-5-7-17(25)8-6-16/h3-14,21H,2H2,1H3,(H,29,30). The Labute approximate surface area is 209 Å². The summed E-state index contributed by atoms with van der Waals surface area (Å²) in [6.45, 7) is 1.81. The Hall–Kier alpha value is -2.87. The number of hydrogen-bond acceptors (Lipinski definition) is 5. The largest absolute Gasteiger partial charge is 0.479 e. The molecule has 0 aromatic heterocycles. The fourth-order valence-electron chi connectivity index (χ4n) is 2.66. The van der Waals surface area contributed by atoms with Crippen LogP contribution >= 0.6 is 39.1 Å². The molecule has 3 aromatic carbocycles. The Kier molecular flexibility index (Phi) is 8.88. The van der Waals surface area contributed by atoms with Crippen LogP contribution in [0.25, 0.3) is 0 Å². The number of carbonyl (C=O) groups is 2. The predicted molar refractivity (Wildman–Crippen MR) is 132 cm³/mol. The number of hydrazone groups is 1. The van der Waals surface area contributed by atoms with E-state index in [4.69, 9.17) is 32.7 Å². The first-order valence-electron chi connectivity index (χ1n) is 9.88. The molecule has 1 N–H and O–H groups in total. The minimum atomic E-state index is -0.777. The van der Waals surface area contributed by atoms with Crippen molar-refractivity contribution in [1.82, 2.24) is 5.43 Å². The molecular weight excluding hydrogens is 531 g/mol. The predicted octanol–water partition coefficient (Wildman–Crippen LogP) is 6.28. The summed E-state index contributed by atoms with van der Waals surface area (Å²) in [6.07, 6.45) is 1.11. The highest BCUT2D eigenvalue weighted by Crippen LogP contribution is 2.28. The molecule has 1 atom stereocenters. The van der Waals surface area contributed by atoms with Crippen molar-refractivity contribution in [3.05, 3.63) is 92.4 Å². The van der Waals surface area contributed by atoms with E-state index in [0.717, 1.165) is 4.47 Å². The van der Waals surface area contributed by atoms with E-state index in [1.807, 2.05) is 6.92 Å². The van der Waals surface area contributed by atoms with Crippen molar-refractivity contribution in [3.8, 4) is 11.5 Å². The van der Waals surface area contributed by atoms with E-state index in [-0.39, 0.29) is 0 Å². The molecule has 6 nitrogen and oxygen atoms in total. The lowest BCUT2D eigenvalue weighted by Gasteiger charge is -2.16. The van der Waals surface area contributed by atoms with Gasteiger partial charge in [0.2, 0.25) is 0 Å². The van der Waals surface area contributed by atoms with Crippen molar-refractivity contribution in [2.75, 3.05) is 0 Å². The number of hydrogen-bond donors (Lipinski definition) is 1. The SMILES string of the molecule is CCC(Oc1ccc(Cl)cc1Cl)C(=O)NN=Cc1ccc(OC(=O)c2ccc(Br)cc2)cc1. The number of halogens is 3. The fourth-order valence-corrected chi connectivity index (χ4v) is 3.38. The second kappa shape index (κ2) is 11.8. The maximum atomic E-state index is 12.4. The summed E-state index contributed by atoms with van der Waals surface area (Å²) in [5, 5.41) is 4.76. The Morgan fingerprint density at radius 2 is 1.76 bits per heavy atom. The van der Waals surface area contributed by atoms with Crippen LogP contribution in [-0.2, 0) is 4.79 Å². The van der Waals surface area contributed by atoms with Gasteiger partial charge >= 0.3 is 5.97 Å². The van der Waals surface area contributed by atoms with Crippen LogP contribution in [0.3, 0.4) is 0 Å². The number of carbonyl (C=O) groups excluding carboxylic acids is 2. The summed E-state index contributed by atoms with van der Waals surface area (Å²) in [4.78, 5) is 24.6. The average Bonchev–Trinajstić information content (AvgIpc) is 2.80. The van der Waals surface area contributed by atoms with Crippen molar-refractivity contribution in [3.63, 3.8) is 0 Å². The monoisotopic (exact) mass is 548 g/mol. The van der Waals surface area contributed by atoms with Crippen molar-refractivity contribution in [1.29, 1.82) is 0 Å². The summed E-state index contributed by atoms with van der Waals surface area (Å²) >= 11 is 15.3. The summed E-state index contributed by atoms with van der Waals surface area (Å²) in [5.74, 6) is -0.119. The van der Waals surface area contributed by atoms with Gasteiger partial charge < -0.3 is 9.47 Å². The van der Waals surface area contributed by atoms with Gasteiger partial charge in [-0.15, -0.1) is 0 Å². The van der Waals surface area contributed by atoms with E-state index in [0.29, 0.717) is 39.1 Å². The third-order valence-corrected chi connectivity index (χ3v) is 5.44. The summed E-state index contributed by atoms with van der Waals surface area (Å²) < 4.78 is 11.9. The molecule has 3 rings (SSSR count). The van der Waals surface area contributed by atoms with Crippen LogP contribution in [0.5, 0.6) is 11.5 Å². The summed E-state index contributed by atoms with van der Waals surface area (Å²) in [5.41, 5.74) is 3.60. The van der Waals surface area contributed by atoms with Crippen LogP contribution in [-0.4, -0.2) is 24.2 Å². The second-order valence-electron chi connectivity index (χ2n) is 6.79. The molecule has 1 amide bonds. The molecule has 0 spiro atoms. The number of nitrogens with one attached hydrogen (secondary N) is 1. The molecule has 0 aliphatic rings. The van der Waals surface area contributed by atoms with E-state index >= 15 is 0 Å². The van der Waals surface area contributed by atoms with Gasteiger partial charge in [0.25, 0.3) is 5.91 Å². The maximum Gasteiger partial charge on any atom is 0.343 e. The lowest BCUT2D eigenvalue weighted by molar-refractivity contribution is -0.128. The Morgan fingerprint density at radius 3 is 2.39 bits per heavy atom. The van der Waals surface area contributed by atoms with Gasteiger partial charge in [0, 0.05) is 9.50 Å². The molecule has 0 radical (unpaired) electrons. The van der Waals surface area contributed by atoms with Crippen LogP contribution in [0, 0.1) is 0 Å². The molecule has 0 saturated carbocycles. The Morgan fingerprint density at radius 1 is 1.06 bits per heavy atom. The van der Waals surface area contributed by atoms with E-state index in [9.17, 15) is 9.59 Å². The zero-order chi connectivity index (χ0) is 23.8. The number of rotatable bonds is 8. The van der Waals surface area contributed by atoms with Gasteiger partial charge in [-0.1, -0.05) is 46.1 Å². The van der Waals surface area contributed by atoms with Gasteiger partial charge in [-0.3, -0.25) is 4.79 Å². The molecule has 170 valence electrons. The number of nitrogens with zero attached hydrogens (tertiary/aromatic N) is 1. The zero-order valence-electron chi connectivity index (χ0n) is 17.4. The normalized spacial score (nSPS) is 11.8. The fraction of sp³-hybridized carbons (Fsp3) is 0.125. The van der Waals surface area contributed by atoms with Crippen molar-refractivity contribution in [2.45, 2.75) is 19.4 Å². The second-order valence-corrected chi connectivity index (χ2v) is 8.55. The van der Waals surface area contributed by atoms with Gasteiger partial charge in [-0.25, -0.2) is 10.2 Å². The molecule has 0 fully saturated rings. The molecular formula is C24H19BrCl2N2O4. The van der Waals surface area contributed by atoms with Crippen LogP contribution in [0.2, 0.25) is 10.0 Å². The molecule has 33 heavy (non-hydrogen) atoms. The quantitative estimate of drug-likeness (QED) is 0.155. The van der Waals surface area contributed by atoms with Gasteiger partial charge in [-0.05, 0) is 78.7 Å². The maximum absolute atomic E-state index is 12.4. The average molecular weight is 550 g/mol. The molecule has 0 saturated heterocycles. The summed E-state index contributed by atoms with van der Waals surface area (Å²) in [7, 11) is 0. The number of ether oxygens (including phenoxy) is 2. The Balaban J connectivity index is 1.54. The molecule has 0 heterocycles. The third kappa shape index (κ3) is 7.32. The van der Waals surface area contributed by atoms with E-state index < -0.39 is 18.0 Å². The molecule has 0 aliphatic carbocycles. The minimum absolute atomic E-state index is 0.318. The lowest BCUT2D eigenvalue weighted by atomic mass is 10.2. The van der Waals surface area contributed by atoms with Crippen LogP contribution in [0.1, 0.15) is 29.3 Å². The third-order valence-electron chi connectivity index (χ3n) is 4.39. The highest BCUT2D eigenvalue weighted by atomic mass is 79.9. The molecule has 0 aliphatic heterocycles. The molecule has 1 unspecified atom stereocenters. The smallest absolute Gasteiger partial charge is 0.343 e. The first-order chi connectivity index (χ1) is 15.9. The zero-order valence-corrected chi connectivity index (χ0v) is 20.5. The van der Waals surface area contributed by atoms with Gasteiger partial charge in [-0.2, -0.15) is 5.10 Å². The molecule has 9 heteroatoms. The Bertz CT molecular complexity index is 1150. The minimum Gasteiger partial charge on any atom is -0.479 e. The first kappa shape index (κ1) is 24.8. The molecule has 0 bridgehead atoms. The highest BCUT2D eigenvalue weighted by molar-refractivity contribution is 9.10. The number of amides is 1. The van der Waals surface area contributed by atoms with Crippen LogP contribution in [0.4, 0.5) is 0 Å². The van der Waals surface area contributed by atoms with Gasteiger partial charge in [0.1, 0.15) is 11.5 Å².